The Hall–Kier alpha value is -1.44. The van der Waals surface area contributed by atoms with E-state index in [2.05, 4.69) is 29.0 Å². The van der Waals surface area contributed by atoms with Crippen LogP contribution in [0.15, 0.2) is 30.5 Å². The number of fused-ring (bicyclic) bond motifs is 1. The Morgan fingerprint density at radius 2 is 2.19 bits per heavy atom. The molecule has 0 spiro atoms. The number of nitrogens with zero attached hydrogens (tertiary/aromatic N) is 1. The number of hydrogen-bond donors (Lipinski definition) is 0. The van der Waals surface area contributed by atoms with Gasteiger partial charge in [-0.3, -0.25) is 0 Å². The van der Waals surface area contributed by atoms with Gasteiger partial charge in [0, 0.05) is 18.1 Å². The van der Waals surface area contributed by atoms with Crippen molar-refractivity contribution >= 4 is 10.9 Å². The molecule has 84 valence electrons. The summed E-state index contributed by atoms with van der Waals surface area (Å²) in [6, 6.07) is 8.43. The average Bonchev–Trinajstić information content (AvgIpc) is 2.66. The Kier molecular flexibility index (Phi) is 2.35. The minimum absolute atomic E-state index is 0.891. The van der Waals surface area contributed by atoms with E-state index >= 15 is 0 Å². The zero-order valence-electron chi connectivity index (χ0n) is 9.65. The summed E-state index contributed by atoms with van der Waals surface area (Å²) in [7, 11) is 1.73. The predicted molar refractivity (Wildman–Crippen MR) is 65.8 cm³/mol. The standard InChI is InChI=1S/C14H17NO/c1-16-14-7-3-6-13-12(14)8-9-15(13)10-11-4-2-5-11/h3,6-9,11H,2,4-5,10H2,1H3. The number of aromatic nitrogens is 1. The Labute approximate surface area is 95.8 Å². The monoisotopic (exact) mass is 215 g/mol. The Balaban J connectivity index is 1.99. The second-order valence-electron chi connectivity index (χ2n) is 4.66. The maximum Gasteiger partial charge on any atom is 0.128 e. The predicted octanol–water partition coefficient (Wildman–Crippen LogP) is 3.45. The van der Waals surface area contributed by atoms with Crippen LogP contribution in [0.25, 0.3) is 10.9 Å². The molecule has 0 atom stereocenters. The molecule has 0 N–H and O–H groups in total. The van der Waals surface area contributed by atoms with Gasteiger partial charge in [-0.2, -0.15) is 0 Å². The maximum absolute atomic E-state index is 5.37. The summed E-state index contributed by atoms with van der Waals surface area (Å²) >= 11 is 0. The van der Waals surface area contributed by atoms with E-state index in [1.165, 1.54) is 30.2 Å². The lowest BCUT2D eigenvalue weighted by Crippen LogP contribution is -2.17. The van der Waals surface area contributed by atoms with E-state index in [9.17, 15) is 0 Å². The fraction of sp³-hybridized carbons (Fsp3) is 0.429. The lowest BCUT2D eigenvalue weighted by Gasteiger charge is -2.26. The van der Waals surface area contributed by atoms with E-state index in [0.29, 0.717) is 0 Å². The largest absolute Gasteiger partial charge is 0.496 e. The van der Waals surface area contributed by atoms with E-state index in [1.54, 1.807) is 7.11 Å². The van der Waals surface area contributed by atoms with E-state index in [-0.39, 0.29) is 0 Å². The van der Waals surface area contributed by atoms with Crippen LogP contribution in [0.3, 0.4) is 0 Å². The first kappa shape index (κ1) is 9.76. The quantitative estimate of drug-likeness (QED) is 0.765. The lowest BCUT2D eigenvalue weighted by atomic mass is 9.85. The molecule has 1 heterocycles. The number of hydrogen-bond acceptors (Lipinski definition) is 1. The molecule has 2 nitrogen and oxygen atoms in total. The van der Waals surface area contributed by atoms with E-state index in [4.69, 9.17) is 4.74 Å². The van der Waals surface area contributed by atoms with Crippen LogP contribution < -0.4 is 4.74 Å². The van der Waals surface area contributed by atoms with Crippen molar-refractivity contribution in [3.63, 3.8) is 0 Å². The normalized spacial score (nSPS) is 16.3. The molecule has 1 aliphatic rings. The van der Waals surface area contributed by atoms with Crippen molar-refractivity contribution in [2.75, 3.05) is 7.11 Å². The zero-order valence-corrected chi connectivity index (χ0v) is 9.65. The Morgan fingerprint density at radius 1 is 1.31 bits per heavy atom. The van der Waals surface area contributed by atoms with Gasteiger partial charge in [-0.15, -0.1) is 0 Å². The third kappa shape index (κ3) is 1.49. The van der Waals surface area contributed by atoms with Gasteiger partial charge in [0.15, 0.2) is 0 Å². The highest BCUT2D eigenvalue weighted by Gasteiger charge is 2.18. The molecule has 1 saturated carbocycles. The molecule has 1 aromatic carbocycles. The maximum atomic E-state index is 5.37. The van der Waals surface area contributed by atoms with Crippen LogP contribution in [-0.4, -0.2) is 11.7 Å². The van der Waals surface area contributed by atoms with Crippen molar-refractivity contribution in [2.24, 2.45) is 5.92 Å². The molecule has 16 heavy (non-hydrogen) atoms. The second kappa shape index (κ2) is 3.85. The van der Waals surface area contributed by atoms with Crippen LogP contribution in [0.4, 0.5) is 0 Å². The topological polar surface area (TPSA) is 14.2 Å². The highest BCUT2D eigenvalue weighted by molar-refractivity contribution is 5.86. The minimum atomic E-state index is 0.891. The molecular formula is C14H17NO. The SMILES string of the molecule is COc1cccc2c1ccn2CC1CCC1. The highest BCUT2D eigenvalue weighted by Crippen LogP contribution is 2.31. The fourth-order valence-corrected chi connectivity index (χ4v) is 2.49. The molecule has 0 radical (unpaired) electrons. The summed E-state index contributed by atoms with van der Waals surface area (Å²) in [5.74, 6) is 1.87. The van der Waals surface area contributed by atoms with Crippen LogP contribution in [-0.2, 0) is 6.54 Å². The molecular weight excluding hydrogens is 198 g/mol. The van der Waals surface area contributed by atoms with Crippen molar-refractivity contribution in [3.8, 4) is 5.75 Å². The summed E-state index contributed by atoms with van der Waals surface area (Å²) in [6.45, 7) is 1.16. The summed E-state index contributed by atoms with van der Waals surface area (Å²) in [6.07, 6.45) is 6.38. The van der Waals surface area contributed by atoms with Gasteiger partial charge in [-0.25, -0.2) is 0 Å². The van der Waals surface area contributed by atoms with Crippen LogP contribution in [0.5, 0.6) is 5.75 Å². The third-order valence-corrected chi connectivity index (χ3v) is 3.67. The van der Waals surface area contributed by atoms with Gasteiger partial charge >= 0.3 is 0 Å². The highest BCUT2D eigenvalue weighted by atomic mass is 16.5. The lowest BCUT2D eigenvalue weighted by molar-refractivity contribution is 0.280. The van der Waals surface area contributed by atoms with Gasteiger partial charge < -0.3 is 9.30 Å². The molecule has 2 aromatic rings. The van der Waals surface area contributed by atoms with Crippen LogP contribution in [0.1, 0.15) is 19.3 Å². The summed E-state index contributed by atoms with van der Waals surface area (Å²) in [5, 5.41) is 1.23. The third-order valence-electron chi connectivity index (χ3n) is 3.67. The zero-order chi connectivity index (χ0) is 11.0. The first-order chi connectivity index (χ1) is 7.88. The van der Waals surface area contributed by atoms with Crippen molar-refractivity contribution in [2.45, 2.75) is 25.8 Å². The van der Waals surface area contributed by atoms with E-state index in [1.807, 2.05) is 6.07 Å². The fourth-order valence-electron chi connectivity index (χ4n) is 2.49. The summed E-state index contributed by atoms with van der Waals surface area (Å²) in [5.41, 5.74) is 1.30. The van der Waals surface area contributed by atoms with Crippen molar-refractivity contribution < 1.29 is 4.74 Å². The molecule has 0 amide bonds. The van der Waals surface area contributed by atoms with Gasteiger partial charge in [0.05, 0.1) is 12.6 Å². The molecule has 3 rings (SSSR count). The van der Waals surface area contributed by atoms with Gasteiger partial charge in [-0.05, 0) is 37.0 Å². The molecule has 0 aliphatic heterocycles. The van der Waals surface area contributed by atoms with Crippen LogP contribution in [0.2, 0.25) is 0 Å². The van der Waals surface area contributed by atoms with Crippen LogP contribution in [0, 0.1) is 5.92 Å². The minimum Gasteiger partial charge on any atom is -0.496 e. The number of ether oxygens (including phenoxy) is 1. The molecule has 2 heteroatoms. The van der Waals surface area contributed by atoms with Gasteiger partial charge in [0.2, 0.25) is 0 Å². The summed E-state index contributed by atoms with van der Waals surface area (Å²) in [4.78, 5) is 0. The van der Waals surface area contributed by atoms with E-state index < -0.39 is 0 Å². The molecule has 0 unspecified atom stereocenters. The smallest absolute Gasteiger partial charge is 0.128 e. The second-order valence-corrected chi connectivity index (χ2v) is 4.66. The molecule has 1 fully saturated rings. The van der Waals surface area contributed by atoms with Crippen LogP contribution >= 0.6 is 0 Å². The molecule has 1 aliphatic carbocycles. The number of benzene rings is 1. The number of rotatable bonds is 3. The van der Waals surface area contributed by atoms with Gasteiger partial charge in [0.1, 0.15) is 5.75 Å². The first-order valence-electron chi connectivity index (χ1n) is 6.00. The molecule has 0 saturated heterocycles. The van der Waals surface area contributed by atoms with Crippen molar-refractivity contribution in [3.05, 3.63) is 30.5 Å². The van der Waals surface area contributed by atoms with Crippen molar-refractivity contribution in [1.82, 2.24) is 4.57 Å². The number of methoxy groups -OCH3 is 1. The first-order valence-corrected chi connectivity index (χ1v) is 6.00. The van der Waals surface area contributed by atoms with Gasteiger partial charge in [0.25, 0.3) is 0 Å². The van der Waals surface area contributed by atoms with Crippen molar-refractivity contribution in [1.29, 1.82) is 0 Å². The molecule has 0 bridgehead atoms. The Bertz CT molecular complexity index is 496. The Morgan fingerprint density at radius 3 is 2.88 bits per heavy atom. The summed E-state index contributed by atoms with van der Waals surface area (Å²) < 4.78 is 7.74. The van der Waals surface area contributed by atoms with E-state index in [0.717, 1.165) is 18.2 Å². The average molecular weight is 215 g/mol. The van der Waals surface area contributed by atoms with Gasteiger partial charge in [-0.1, -0.05) is 12.5 Å². The molecule has 1 aromatic heterocycles.